The van der Waals surface area contributed by atoms with E-state index < -0.39 is 0 Å². The van der Waals surface area contributed by atoms with Crippen LogP contribution in [0, 0.1) is 6.92 Å². The van der Waals surface area contributed by atoms with Crippen molar-refractivity contribution in [3.8, 4) is 0 Å². The summed E-state index contributed by atoms with van der Waals surface area (Å²) in [7, 11) is 2.16. The zero-order valence-corrected chi connectivity index (χ0v) is 16.7. The van der Waals surface area contributed by atoms with Crippen molar-refractivity contribution in [3.05, 3.63) is 53.1 Å². The fourth-order valence-corrected chi connectivity index (χ4v) is 3.38. The van der Waals surface area contributed by atoms with Gasteiger partial charge in [-0.2, -0.15) is 0 Å². The van der Waals surface area contributed by atoms with Gasteiger partial charge in [0.2, 0.25) is 5.91 Å². The third kappa shape index (κ3) is 5.62. The summed E-state index contributed by atoms with van der Waals surface area (Å²) < 4.78 is 0. The molecule has 2 aromatic rings. The summed E-state index contributed by atoms with van der Waals surface area (Å²) in [6, 6.07) is 13.9. The lowest BCUT2D eigenvalue weighted by Gasteiger charge is -2.34. The summed E-state index contributed by atoms with van der Waals surface area (Å²) in [6.45, 7) is 6.85. The Labute approximate surface area is 166 Å². The number of halogens is 1. The van der Waals surface area contributed by atoms with E-state index in [2.05, 4.69) is 51.7 Å². The molecule has 0 aromatic heterocycles. The fraction of sp³-hybridized carbons (Fsp3) is 0.381. The Hall–Kier alpha value is -2.24. The van der Waals surface area contributed by atoms with Crippen molar-refractivity contribution in [2.24, 2.45) is 0 Å². The first kappa shape index (κ1) is 19.5. The smallest absolute Gasteiger partial charge is 0.226 e. The van der Waals surface area contributed by atoms with Gasteiger partial charge in [0.05, 0.1) is 0 Å². The van der Waals surface area contributed by atoms with Crippen LogP contribution in [0.1, 0.15) is 12.0 Å². The van der Waals surface area contributed by atoms with E-state index >= 15 is 0 Å². The molecule has 2 N–H and O–H groups in total. The highest BCUT2D eigenvalue weighted by Crippen LogP contribution is 2.21. The average Bonchev–Trinajstić information content (AvgIpc) is 2.65. The third-order valence-corrected chi connectivity index (χ3v) is 5.11. The number of nitrogens with zero attached hydrogens (tertiary/aromatic N) is 2. The molecule has 2 aromatic carbocycles. The molecule has 1 heterocycles. The predicted molar refractivity (Wildman–Crippen MR) is 114 cm³/mol. The lowest BCUT2D eigenvalue weighted by Crippen LogP contribution is -2.44. The van der Waals surface area contributed by atoms with E-state index in [4.69, 9.17) is 11.6 Å². The second-order valence-corrected chi connectivity index (χ2v) is 7.46. The zero-order valence-electron chi connectivity index (χ0n) is 16.0. The van der Waals surface area contributed by atoms with Crippen molar-refractivity contribution >= 4 is 34.6 Å². The lowest BCUT2D eigenvalue weighted by molar-refractivity contribution is -0.115. The first-order valence-electron chi connectivity index (χ1n) is 9.35. The molecule has 0 saturated carbocycles. The number of aryl methyl sites for hydroxylation is 1. The van der Waals surface area contributed by atoms with Crippen LogP contribution in [0.25, 0.3) is 0 Å². The van der Waals surface area contributed by atoms with Crippen LogP contribution in [0.2, 0.25) is 5.02 Å². The van der Waals surface area contributed by atoms with E-state index in [0.717, 1.165) is 43.1 Å². The molecule has 0 atom stereocenters. The van der Waals surface area contributed by atoms with Crippen molar-refractivity contribution < 1.29 is 4.79 Å². The number of carbonyl (C=O) groups is 1. The Morgan fingerprint density at radius 3 is 2.44 bits per heavy atom. The second kappa shape index (κ2) is 9.11. The maximum absolute atomic E-state index is 12.1. The Kier molecular flexibility index (Phi) is 6.58. The van der Waals surface area contributed by atoms with Crippen molar-refractivity contribution in [1.29, 1.82) is 0 Å². The molecule has 5 nitrogen and oxygen atoms in total. The van der Waals surface area contributed by atoms with Gasteiger partial charge in [-0.1, -0.05) is 11.6 Å². The number of piperazine rings is 1. The fourth-order valence-electron chi connectivity index (χ4n) is 3.16. The Morgan fingerprint density at radius 2 is 1.78 bits per heavy atom. The molecule has 1 aliphatic rings. The largest absolute Gasteiger partial charge is 0.385 e. The quantitative estimate of drug-likeness (QED) is 0.791. The molecule has 1 amide bonds. The topological polar surface area (TPSA) is 47.6 Å². The molecule has 1 saturated heterocycles. The van der Waals surface area contributed by atoms with Gasteiger partial charge >= 0.3 is 0 Å². The minimum atomic E-state index is -0.0121. The first-order valence-corrected chi connectivity index (χ1v) is 9.72. The first-order chi connectivity index (χ1) is 13.0. The van der Waals surface area contributed by atoms with E-state index in [0.29, 0.717) is 18.0 Å². The van der Waals surface area contributed by atoms with Gasteiger partial charge in [-0.05, 0) is 62.0 Å². The Balaban J connectivity index is 1.44. The maximum atomic E-state index is 12.1. The maximum Gasteiger partial charge on any atom is 0.226 e. The number of benzene rings is 2. The Morgan fingerprint density at radius 1 is 1.07 bits per heavy atom. The zero-order chi connectivity index (χ0) is 19.2. The lowest BCUT2D eigenvalue weighted by atomic mass is 10.2. The summed E-state index contributed by atoms with van der Waals surface area (Å²) >= 11 is 5.94. The normalized spacial score (nSPS) is 14.9. The molecule has 0 radical (unpaired) electrons. The summed E-state index contributed by atoms with van der Waals surface area (Å²) in [5.41, 5.74) is 4.05. The summed E-state index contributed by atoms with van der Waals surface area (Å²) in [6.07, 6.45) is 0.405. The number of likely N-dealkylation sites (N-methyl/N-ethyl adjacent to an activating group) is 1. The van der Waals surface area contributed by atoms with Gasteiger partial charge in [0, 0.05) is 61.2 Å². The van der Waals surface area contributed by atoms with Crippen LogP contribution in [0.5, 0.6) is 0 Å². The van der Waals surface area contributed by atoms with E-state index in [1.165, 1.54) is 5.69 Å². The van der Waals surface area contributed by atoms with E-state index in [1.54, 1.807) is 6.07 Å². The standard InChI is InChI=1S/C21H27ClN4O/c1-16-15-17(22)3-8-20(16)24-21(27)9-10-23-18-4-6-19(7-5-18)26-13-11-25(2)12-14-26/h3-8,15,23H,9-14H2,1-2H3,(H,24,27). The van der Waals surface area contributed by atoms with Crippen LogP contribution in [0.3, 0.4) is 0 Å². The summed E-state index contributed by atoms with van der Waals surface area (Å²) in [5.74, 6) is -0.0121. The van der Waals surface area contributed by atoms with Crippen LogP contribution in [0.15, 0.2) is 42.5 Å². The van der Waals surface area contributed by atoms with Crippen LogP contribution in [-0.4, -0.2) is 50.6 Å². The number of hydrogen-bond donors (Lipinski definition) is 2. The minimum absolute atomic E-state index is 0.0121. The molecule has 1 aliphatic heterocycles. The van der Waals surface area contributed by atoms with Crippen LogP contribution in [0.4, 0.5) is 17.1 Å². The number of anilines is 3. The molecule has 1 fully saturated rings. The van der Waals surface area contributed by atoms with Crippen LogP contribution < -0.4 is 15.5 Å². The van der Waals surface area contributed by atoms with Gasteiger partial charge in [-0.3, -0.25) is 4.79 Å². The number of carbonyl (C=O) groups excluding carboxylic acids is 1. The number of hydrogen-bond acceptors (Lipinski definition) is 4. The molecule has 27 heavy (non-hydrogen) atoms. The van der Waals surface area contributed by atoms with E-state index in [1.807, 2.05) is 19.1 Å². The van der Waals surface area contributed by atoms with Crippen molar-refractivity contribution in [2.75, 3.05) is 55.3 Å². The van der Waals surface area contributed by atoms with Crippen molar-refractivity contribution in [2.45, 2.75) is 13.3 Å². The second-order valence-electron chi connectivity index (χ2n) is 7.02. The SMILES string of the molecule is Cc1cc(Cl)ccc1NC(=O)CCNc1ccc(N2CCN(C)CC2)cc1. The van der Waals surface area contributed by atoms with Crippen LogP contribution in [-0.2, 0) is 4.79 Å². The molecule has 144 valence electrons. The van der Waals surface area contributed by atoms with Gasteiger partial charge in [0.1, 0.15) is 0 Å². The minimum Gasteiger partial charge on any atom is -0.385 e. The van der Waals surface area contributed by atoms with Crippen molar-refractivity contribution in [3.63, 3.8) is 0 Å². The predicted octanol–water partition coefficient (Wildman–Crippen LogP) is 3.84. The number of rotatable bonds is 6. The molecular formula is C21H27ClN4O. The monoisotopic (exact) mass is 386 g/mol. The molecule has 0 aliphatic carbocycles. The van der Waals surface area contributed by atoms with E-state index in [9.17, 15) is 4.79 Å². The van der Waals surface area contributed by atoms with Gasteiger partial charge in [-0.15, -0.1) is 0 Å². The highest BCUT2D eigenvalue weighted by Gasteiger charge is 2.13. The van der Waals surface area contributed by atoms with E-state index in [-0.39, 0.29) is 5.91 Å². The summed E-state index contributed by atoms with van der Waals surface area (Å²) in [5, 5.41) is 6.92. The van der Waals surface area contributed by atoms with Gasteiger partial charge < -0.3 is 20.4 Å². The highest BCUT2D eigenvalue weighted by atomic mass is 35.5. The molecule has 3 rings (SSSR count). The van der Waals surface area contributed by atoms with Gasteiger partial charge in [-0.25, -0.2) is 0 Å². The van der Waals surface area contributed by atoms with Crippen molar-refractivity contribution in [1.82, 2.24) is 4.90 Å². The van der Waals surface area contributed by atoms with Crippen LogP contribution >= 0.6 is 11.6 Å². The Bertz CT molecular complexity index is 770. The molecule has 6 heteroatoms. The molecule has 0 unspecified atom stereocenters. The summed E-state index contributed by atoms with van der Waals surface area (Å²) in [4.78, 5) is 16.9. The molecule has 0 bridgehead atoms. The highest BCUT2D eigenvalue weighted by molar-refractivity contribution is 6.30. The average molecular weight is 387 g/mol. The third-order valence-electron chi connectivity index (χ3n) is 4.88. The molecular weight excluding hydrogens is 360 g/mol. The number of amides is 1. The number of nitrogens with one attached hydrogen (secondary N) is 2. The van der Waals surface area contributed by atoms with Gasteiger partial charge in [0.25, 0.3) is 0 Å². The molecule has 0 spiro atoms. The van der Waals surface area contributed by atoms with Gasteiger partial charge in [0.15, 0.2) is 0 Å².